The van der Waals surface area contributed by atoms with Gasteiger partial charge in [0, 0.05) is 29.8 Å². The number of nitrogens with one attached hydrogen (secondary N) is 4. The number of imidazole rings is 1. The molecule has 0 spiro atoms. The summed E-state index contributed by atoms with van der Waals surface area (Å²) in [6, 6.07) is -5.12. The van der Waals surface area contributed by atoms with Gasteiger partial charge in [0.15, 0.2) is 0 Å². The van der Waals surface area contributed by atoms with Crippen molar-refractivity contribution in [3.63, 3.8) is 0 Å². The van der Waals surface area contributed by atoms with Crippen LogP contribution in [0.3, 0.4) is 0 Å². The molecule has 4 atom stereocenters. The summed E-state index contributed by atoms with van der Waals surface area (Å²) in [7, 11) is 0. The predicted molar refractivity (Wildman–Crippen MR) is 114 cm³/mol. The Morgan fingerprint density at radius 2 is 1.55 bits per heavy atom. The molecule has 31 heavy (non-hydrogen) atoms. The fourth-order valence-electron chi connectivity index (χ4n) is 2.30. The van der Waals surface area contributed by atoms with E-state index in [0.29, 0.717) is 5.69 Å². The van der Waals surface area contributed by atoms with Gasteiger partial charge in [0.05, 0.1) is 18.8 Å². The molecule has 0 aliphatic rings. The lowest BCUT2D eigenvalue weighted by atomic mass is 10.1. The van der Waals surface area contributed by atoms with E-state index in [2.05, 4.69) is 51.2 Å². The number of nitrogens with zero attached hydrogens (tertiary/aromatic N) is 1. The zero-order valence-corrected chi connectivity index (χ0v) is 17.9. The molecule has 0 aliphatic carbocycles. The number of aromatic nitrogens is 2. The fourth-order valence-corrected chi connectivity index (χ4v) is 2.72. The van der Waals surface area contributed by atoms with Crippen LogP contribution >= 0.6 is 25.3 Å². The van der Waals surface area contributed by atoms with Gasteiger partial charge < -0.3 is 36.9 Å². The van der Waals surface area contributed by atoms with Gasteiger partial charge in [-0.1, -0.05) is 0 Å². The summed E-state index contributed by atoms with van der Waals surface area (Å²) in [4.78, 5) is 65.8. The van der Waals surface area contributed by atoms with Crippen molar-refractivity contribution < 1.29 is 34.2 Å². The SMILES string of the molecule is NC(CS)C(=O)NC(CS)C(=O)NC(Cc1cnc[nH]1)C(=O)NC(CC(=O)O)C(=O)O. The van der Waals surface area contributed by atoms with Crippen LogP contribution in [0.1, 0.15) is 12.1 Å². The number of thiol groups is 2. The summed E-state index contributed by atoms with van der Waals surface area (Å²) in [6.07, 6.45) is 1.76. The predicted octanol–water partition coefficient (Wildman–Crippen LogP) is -2.85. The minimum absolute atomic E-state index is 0.0394. The number of carbonyl (C=O) groups is 5. The lowest BCUT2D eigenvalue weighted by molar-refractivity contribution is -0.147. The van der Waals surface area contributed by atoms with Crippen molar-refractivity contribution in [3.05, 3.63) is 18.2 Å². The number of aliphatic carboxylic acids is 2. The van der Waals surface area contributed by atoms with Gasteiger partial charge in [-0.05, 0) is 0 Å². The first-order chi connectivity index (χ1) is 14.6. The van der Waals surface area contributed by atoms with Gasteiger partial charge in [-0.15, -0.1) is 0 Å². The van der Waals surface area contributed by atoms with Gasteiger partial charge in [0.2, 0.25) is 17.7 Å². The van der Waals surface area contributed by atoms with E-state index in [1.165, 1.54) is 12.5 Å². The topological polar surface area (TPSA) is 217 Å². The van der Waals surface area contributed by atoms with Crippen molar-refractivity contribution in [2.24, 2.45) is 5.73 Å². The molecule has 0 saturated carbocycles. The third-order valence-corrected chi connectivity index (χ3v) is 4.71. The molecule has 0 saturated heterocycles. The monoisotopic (exact) mass is 476 g/mol. The highest BCUT2D eigenvalue weighted by atomic mass is 32.1. The van der Waals surface area contributed by atoms with E-state index < -0.39 is 60.2 Å². The Morgan fingerprint density at radius 3 is 2.03 bits per heavy atom. The fraction of sp³-hybridized carbons (Fsp3) is 0.500. The van der Waals surface area contributed by atoms with E-state index in [1.54, 1.807) is 0 Å². The maximum Gasteiger partial charge on any atom is 0.326 e. The zero-order valence-electron chi connectivity index (χ0n) is 16.1. The number of carbonyl (C=O) groups excluding carboxylic acids is 3. The second kappa shape index (κ2) is 12.8. The quantitative estimate of drug-likeness (QED) is 0.134. The highest BCUT2D eigenvalue weighted by molar-refractivity contribution is 7.80. The smallest absolute Gasteiger partial charge is 0.326 e. The molecule has 13 nitrogen and oxygen atoms in total. The van der Waals surface area contributed by atoms with Gasteiger partial charge in [-0.3, -0.25) is 19.2 Å². The van der Waals surface area contributed by atoms with Crippen LogP contribution < -0.4 is 21.7 Å². The number of hydrogen-bond donors (Lipinski definition) is 9. The molecule has 1 rings (SSSR count). The first-order valence-corrected chi connectivity index (χ1v) is 10.2. The Kier molecular flexibility index (Phi) is 10.8. The summed E-state index contributed by atoms with van der Waals surface area (Å²) < 4.78 is 0. The molecule has 1 heterocycles. The van der Waals surface area contributed by atoms with Gasteiger partial charge in [0.25, 0.3) is 0 Å². The molecule has 8 N–H and O–H groups in total. The number of nitrogens with two attached hydrogens (primary N) is 1. The van der Waals surface area contributed by atoms with Crippen LogP contribution in [0.5, 0.6) is 0 Å². The lowest BCUT2D eigenvalue weighted by Gasteiger charge is -2.24. The van der Waals surface area contributed by atoms with E-state index in [9.17, 15) is 24.0 Å². The standard InChI is InChI=1S/C16H24N6O7S2/c17-8(4-30)13(25)22-11(5-31)15(27)20-9(1-7-3-18-6-19-7)14(26)21-10(16(28)29)2-12(23)24/h3,6,8-11,30-31H,1-2,4-5,17H2,(H,18,19)(H,20,27)(H,21,26)(H,22,25)(H,23,24)(H,28,29). The van der Waals surface area contributed by atoms with Crippen molar-refractivity contribution in [3.8, 4) is 0 Å². The van der Waals surface area contributed by atoms with Crippen molar-refractivity contribution in [2.45, 2.75) is 37.0 Å². The van der Waals surface area contributed by atoms with Crippen LogP contribution in [0.25, 0.3) is 0 Å². The van der Waals surface area contributed by atoms with Crippen LogP contribution in [0.4, 0.5) is 0 Å². The molecule has 0 aliphatic heterocycles. The molecular weight excluding hydrogens is 452 g/mol. The van der Waals surface area contributed by atoms with Gasteiger partial charge in [-0.2, -0.15) is 25.3 Å². The van der Waals surface area contributed by atoms with Crippen molar-refractivity contribution in [2.75, 3.05) is 11.5 Å². The first-order valence-electron chi connectivity index (χ1n) is 8.89. The largest absolute Gasteiger partial charge is 0.481 e. The Hall–Kier alpha value is -2.78. The molecule has 1 aromatic heterocycles. The summed E-state index contributed by atoms with van der Waals surface area (Å²) in [6.45, 7) is 0. The van der Waals surface area contributed by atoms with Crippen molar-refractivity contribution in [1.29, 1.82) is 0 Å². The molecule has 3 amide bonds. The van der Waals surface area contributed by atoms with E-state index in [-0.39, 0.29) is 17.9 Å². The number of hydrogen-bond acceptors (Lipinski definition) is 9. The summed E-state index contributed by atoms with van der Waals surface area (Å²) in [5.41, 5.74) is 6.00. The Labute approximate surface area is 187 Å². The third kappa shape index (κ3) is 8.85. The molecule has 4 unspecified atom stereocenters. The number of aromatic amines is 1. The zero-order chi connectivity index (χ0) is 23.6. The van der Waals surface area contributed by atoms with E-state index in [0.717, 1.165) is 0 Å². The van der Waals surface area contributed by atoms with E-state index in [4.69, 9.17) is 15.9 Å². The van der Waals surface area contributed by atoms with Crippen LogP contribution in [-0.4, -0.2) is 85.5 Å². The summed E-state index contributed by atoms with van der Waals surface area (Å²) >= 11 is 7.92. The van der Waals surface area contributed by atoms with Gasteiger partial charge in [0.1, 0.15) is 18.1 Å². The van der Waals surface area contributed by atoms with Gasteiger partial charge >= 0.3 is 11.9 Å². The Balaban J connectivity index is 2.97. The third-order valence-electron chi connectivity index (χ3n) is 3.95. The maximum atomic E-state index is 12.6. The van der Waals surface area contributed by atoms with Crippen molar-refractivity contribution in [1.82, 2.24) is 25.9 Å². The molecule has 15 heteroatoms. The summed E-state index contributed by atoms with van der Waals surface area (Å²) in [5.74, 6) is -5.42. The van der Waals surface area contributed by atoms with E-state index >= 15 is 0 Å². The van der Waals surface area contributed by atoms with Crippen LogP contribution in [0.15, 0.2) is 12.5 Å². The second-order valence-corrected chi connectivity index (χ2v) is 7.10. The van der Waals surface area contributed by atoms with Crippen LogP contribution in [0.2, 0.25) is 0 Å². The lowest BCUT2D eigenvalue weighted by Crippen LogP contribution is -2.58. The number of carboxylic acid groups (broad SMARTS) is 2. The molecule has 0 fully saturated rings. The highest BCUT2D eigenvalue weighted by Crippen LogP contribution is 2.03. The average molecular weight is 477 g/mol. The number of amides is 3. The molecule has 172 valence electrons. The van der Waals surface area contributed by atoms with E-state index in [1.807, 2.05) is 0 Å². The Bertz CT molecular complexity index is 791. The molecule has 1 aromatic rings. The van der Waals surface area contributed by atoms with Crippen LogP contribution in [-0.2, 0) is 30.4 Å². The number of rotatable bonds is 13. The minimum atomic E-state index is -1.71. The number of carboxylic acids is 2. The second-order valence-electron chi connectivity index (χ2n) is 6.37. The Morgan fingerprint density at radius 1 is 0.968 bits per heavy atom. The van der Waals surface area contributed by atoms with Gasteiger partial charge in [-0.25, -0.2) is 9.78 Å². The molecule has 0 aromatic carbocycles. The summed E-state index contributed by atoms with van der Waals surface area (Å²) in [5, 5.41) is 24.8. The normalized spacial score (nSPS) is 14.5. The average Bonchev–Trinajstić information content (AvgIpc) is 3.22. The molecule has 0 bridgehead atoms. The number of H-pyrrole nitrogens is 1. The van der Waals surface area contributed by atoms with Crippen molar-refractivity contribution >= 4 is 54.9 Å². The highest BCUT2D eigenvalue weighted by Gasteiger charge is 2.31. The molecule has 0 radical (unpaired) electrons. The van der Waals surface area contributed by atoms with Crippen LogP contribution in [0, 0.1) is 0 Å². The minimum Gasteiger partial charge on any atom is -0.481 e. The molecular formula is C16H24N6O7S2. The first kappa shape index (κ1) is 26.3. The maximum absolute atomic E-state index is 12.6.